The molecule has 0 aromatic heterocycles. The molecule has 0 bridgehead atoms. The van der Waals surface area contributed by atoms with Gasteiger partial charge >= 0.3 is 5.97 Å². The maximum atomic E-state index is 12.6. The molecule has 0 amide bonds. The van der Waals surface area contributed by atoms with Crippen LogP contribution >= 0.6 is 11.8 Å². The first-order valence-corrected chi connectivity index (χ1v) is 13.9. The van der Waals surface area contributed by atoms with E-state index in [0.29, 0.717) is 5.56 Å². The van der Waals surface area contributed by atoms with Crippen LogP contribution in [-0.4, -0.2) is 28.9 Å². The molecule has 0 spiro atoms. The first kappa shape index (κ1) is 25.0. The second-order valence-corrected chi connectivity index (χ2v) is 10.9. The van der Waals surface area contributed by atoms with Gasteiger partial charge in [-0.1, -0.05) is 68.9 Å². The van der Waals surface area contributed by atoms with E-state index in [2.05, 4.69) is 5.32 Å². The van der Waals surface area contributed by atoms with Gasteiger partial charge in [0.25, 0.3) is 0 Å². The average Bonchev–Trinajstić information content (AvgIpc) is 3.01. The van der Waals surface area contributed by atoms with Crippen LogP contribution in [0.2, 0.25) is 0 Å². The molecule has 4 nitrogen and oxygen atoms in total. The van der Waals surface area contributed by atoms with E-state index < -0.39 is 11.9 Å². The molecule has 1 heterocycles. The average molecular weight is 480 g/mol. The zero-order valence-electron chi connectivity index (χ0n) is 20.2. The van der Waals surface area contributed by atoms with Crippen molar-refractivity contribution in [3.63, 3.8) is 0 Å². The monoisotopic (exact) mass is 479 g/mol. The van der Waals surface area contributed by atoms with E-state index in [0.717, 1.165) is 39.4 Å². The second-order valence-electron chi connectivity index (χ2n) is 9.93. The SMILES string of the molecule is C1CCC(NC2CCCCC2)CC1.CC(C(=O)O)c1ccc2c(c1)SCc1ccccc1C2=O. The van der Waals surface area contributed by atoms with Gasteiger partial charge in [0.2, 0.25) is 0 Å². The van der Waals surface area contributed by atoms with Crippen molar-refractivity contribution in [2.24, 2.45) is 0 Å². The third kappa shape index (κ3) is 6.31. The zero-order valence-corrected chi connectivity index (χ0v) is 21.0. The van der Waals surface area contributed by atoms with Crippen molar-refractivity contribution in [1.82, 2.24) is 5.32 Å². The summed E-state index contributed by atoms with van der Waals surface area (Å²) in [5, 5.41) is 13.0. The Morgan fingerprint density at radius 3 is 2.15 bits per heavy atom. The maximum Gasteiger partial charge on any atom is 0.310 e. The minimum atomic E-state index is -0.858. The van der Waals surface area contributed by atoms with E-state index in [9.17, 15) is 9.59 Å². The number of fused-ring (bicyclic) bond motifs is 2. The van der Waals surface area contributed by atoms with Crippen molar-refractivity contribution in [3.8, 4) is 0 Å². The molecular weight excluding hydrogens is 442 g/mol. The number of benzene rings is 2. The molecule has 0 radical (unpaired) electrons. The molecule has 34 heavy (non-hydrogen) atoms. The topological polar surface area (TPSA) is 66.4 Å². The Kier molecular flexibility index (Phi) is 8.85. The van der Waals surface area contributed by atoms with Crippen LogP contribution < -0.4 is 5.32 Å². The fourth-order valence-corrected chi connectivity index (χ4v) is 6.40. The van der Waals surface area contributed by atoms with Crippen LogP contribution in [0.3, 0.4) is 0 Å². The fraction of sp³-hybridized carbons (Fsp3) is 0.517. The van der Waals surface area contributed by atoms with Gasteiger partial charge in [-0.3, -0.25) is 9.59 Å². The number of carboxylic acids is 1. The number of carboxylic acid groups (broad SMARTS) is 1. The quantitative estimate of drug-likeness (QED) is 0.496. The number of hydrogen-bond donors (Lipinski definition) is 2. The highest BCUT2D eigenvalue weighted by atomic mass is 32.2. The molecule has 2 fully saturated rings. The molecule has 2 aliphatic carbocycles. The first-order chi connectivity index (χ1) is 16.5. The lowest BCUT2D eigenvalue weighted by Gasteiger charge is -2.30. The number of carbonyl (C=O) groups excluding carboxylic acids is 1. The van der Waals surface area contributed by atoms with E-state index >= 15 is 0 Å². The molecular formula is C29H37NO3S. The molecule has 0 saturated heterocycles. The summed E-state index contributed by atoms with van der Waals surface area (Å²) in [6.45, 7) is 1.65. The predicted octanol–water partition coefficient (Wildman–Crippen LogP) is 6.95. The molecule has 1 aliphatic heterocycles. The molecule has 1 atom stereocenters. The second kappa shape index (κ2) is 12.0. The molecule has 2 aromatic carbocycles. The fourth-order valence-electron chi connectivity index (χ4n) is 5.30. The normalized spacial score (nSPS) is 19.7. The van der Waals surface area contributed by atoms with E-state index in [1.165, 1.54) is 64.2 Å². The van der Waals surface area contributed by atoms with Crippen molar-refractivity contribution in [2.45, 2.75) is 99.8 Å². The number of nitrogens with one attached hydrogen (secondary N) is 1. The van der Waals surface area contributed by atoms with Crippen LogP contribution in [0.1, 0.15) is 104 Å². The largest absolute Gasteiger partial charge is 0.481 e. The lowest BCUT2D eigenvalue weighted by Crippen LogP contribution is -2.40. The number of carbonyl (C=O) groups is 2. The highest BCUT2D eigenvalue weighted by Crippen LogP contribution is 2.35. The van der Waals surface area contributed by atoms with Crippen molar-refractivity contribution >= 4 is 23.5 Å². The molecule has 5 heteroatoms. The van der Waals surface area contributed by atoms with Gasteiger partial charge in [0.15, 0.2) is 5.78 Å². The zero-order chi connectivity index (χ0) is 23.9. The summed E-state index contributed by atoms with van der Waals surface area (Å²) in [5.41, 5.74) is 3.15. The van der Waals surface area contributed by atoms with Gasteiger partial charge in [-0.05, 0) is 55.9 Å². The predicted molar refractivity (Wildman–Crippen MR) is 139 cm³/mol. The molecule has 5 rings (SSSR count). The van der Waals surface area contributed by atoms with Gasteiger partial charge < -0.3 is 10.4 Å². The van der Waals surface area contributed by atoms with Crippen molar-refractivity contribution in [3.05, 3.63) is 64.7 Å². The van der Waals surface area contributed by atoms with Gasteiger partial charge in [-0.2, -0.15) is 0 Å². The molecule has 1 unspecified atom stereocenters. The highest BCUT2D eigenvalue weighted by molar-refractivity contribution is 7.98. The van der Waals surface area contributed by atoms with Crippen LogP contribution in [0.25, 0.3) is 0 Å². The van der Waals surface area contributed by atoms with Crippen molar-refractivity contribution in [2.75, 3.05) is 0 Å². The Bertz CT molecular complexity index is 977. The molecule has 2 aromatic rings. The van der Waals surface area contributed by atoms with Crippen LogP contribution in [0, 0.1) is 0 Å². The summed E-state index contributed by atoms with van der Waals surface area (Å²) in [5.74, 6) is -0.695. The summed E-state index contributed by atoms with van der Waals surface area (Å²) in [6, 6.07) is 14.7. The summed E-state index contributed by atoms with van der Waals surface area (Å²) in [7, 11) is 0. The van der Waals surface area contributed by atoms with Crippen molar-refractivity contribution < 1.29 is 14.7 Å². The summed E-state index contributed by atoms with van der Waals surface area (Å²) in [6.07, 6.45) is 14.6. The Balaban J connectivity index is 0.000000180. The van der Waals surface area contributed by atoms with Crippen LogP contribution in [0.15, 0.2) is 47.4 Å². The minimum Gasteiger partial charge on any atom is -0.481 e. The smallest absolute Gasteiger partial charge is 0.310 e. The van der Waals surface area contributed by atoms with Gasteiger partial charge in [-0.15, -0.1) is 11.8 Å². The van der Waals surface area contributed by atoms with Gasteiger partial charge in [0.05, 0.1) is 5.92 Å². The van der Waals surface area contributed by atoms with Crippen LogP contribution in [0.5, 0.6) is 0 Å². The third-order valence-corrected chi connectivity index (χ3v) is 8.55. The lowest BCUT2D eigenvalue weighted by atomic mass is 9.91. The Morgan fingerprint density at radius 2 is 1.53 bits per heavy atom. The summed E-state index contributed by atoms with van der Waals surface area (Å²) >= 11 is 1.59. The molecule has 3 aliphatic rings. The van der Waals surface area contributed by atoms with Gasteiger partial charge in [0, 0.05) is 33.9 Å². The lowest BCUT2D eigenvalue weighted by molar-refractivity contribution is -0.138. The van der Waals surface area contributed by atoms with E-state index in [-0.39, 0.29) is 5.78 Å². The number of aliphatic carboxylic acids is 1. The van der Waals surface area contributed by atoms with E-state index in [4.69, 9.17) is 5.11 Å². The van der Waals surface area contributed by atoms with Gasteiger partial charge in [-0.25, -0.2) is 0 Å². The molecule has 182 valence electrons. The maximum absolute atomic E-state index is 12.6. The Labute approximate surface area is 207 Å². The first-order valence-electron chi connectivity index (χ1n) is 12.9. The van der Waals surface area contributed by atoms with E-state index in [1.807, 2.05) is 30.3 Å². The molecule has 2 N–H and O–H groups in total. The number of thioether (sulfide) groups is 1. The Morgan fingerprint density at radius 1 is 0.912 bits per heavy atom. The van der Waals surface area contributed by atoms with Gasteiger partial charge in [0.1, 0.15) is 0 Å². The standard InChI is InChI=1S/C17H14O3S.C12H23N/c1-10(17(19)20)11-6-7-14-15(8-11)21-9-12-4-2-3-5-13(12)16(14)18;1-3-7-11(8-4-1)13-12-9-5-2-6-10-12/h2-8,10H,9H2,1H3,(H,19,20);11-13H,1-10H2. The number of hydrogen-bond acceptors (Lipinski definition) is 4. The minimum absolute atomic E-state index is 0.0140. The van der Waals surface area contributed by atoms with Crippen LogP contribution in [0.4, 0.5) is 0 Å². The van der Waals surface area contributed by atoms with Crippen LogP contribution in [-0.2, 0) is 10.5 Å². The van der Waals surface area contributed by atoms with Crippen molar-refractivity contribution in [1.29, 1.82) is 0 Å². The highest BCUT2D eigenvalue weighted by Gasteiger charge is 2.23. The number of ketones is 1. The molecule has 2 saturated carbocycles. The number of rotatable bonds is 4. The Hall–Kier alpha value is -2.11. The third-order valence-electron chi connectivity index (χ3n) is 7.45. The van der Waals surface area contributed by atoms with E-state index in [1.54, 1.807) is 30.8 Å². The summed E-state index contributed by atoms with van der Waals surface area (Å²) in [4.78, 5) is 24.6. The summed E-state index contributed by atoms with van der Waals surface area (Å²) < 4.78 is 0.